The van der Waals surface area contributed by atoms with Crippen molar-refractivity contribution in [3.05, 3.63) is 86.7 Å². The van der Waals surface area contributed by atoms with Crippen LogP contribution < -0.4 is 5.32 Å². The topological polar surface area (TPSA) is 96.9 Å². The minimum atomic E-state index is -0.648. The average Bonchev–Trinajstić information content (AvgIpc) is 2.65. The van der Waals surface area contributed by atoms with Crippen molar-refractivity contribution in [1.29, 1.82) is 10.5 Å². The maximum atomic E-state index is 12.4. The molecule has 128 valence electrons. The quantitative estimate of drug-likeness (QED) is 0.457. The molecule has 2 aromatic rings. The van der Waals surface area contributed by atoms with Gasteiger partial charge >= 0.3 is 0 Å². The van der Waals surface area contributed by atoms with Gasteiger partial charge in [0.2, 0.25) is 0 Å². The molecule has 0 aliphatic rings. The number of nitriles is 2. The molecule has 0 spiro atoms. The van der Waals surface area contributed by atoms with Crippen molar-refractivity contribution < 1.29 is 9.90 Å². The Labute approximate surface area is 160 Å². The van der Waals surface area contributed by atoms with E-state index in [1.54, 1.807) is 54.6 Å². The number of amides is 1. The average molecular weight is 384 g/mol. The Morgan fingerprint density at radius 1 is 1.04 bits per heavy atom. The van der Waals surface area contributed by atoms with Crippen molar-refractivity contribution in [3.63, 3.8) is 0 Å². The standard InChI is InChI=1S/C19H11Cl2N3O2/c20-15-7-6-12(8-16(15)21)9-17(18(25)14(10-22)11-23)24-19(26)13-4-2-1-3-5-13/h1-9,25H,(H,24,26)/b17-9-. The maximum Gasteiger partial charge on any atom is 0.255 e. The lowest BCUT2D eigenvalue weighted by Crippen LogP contribution is -2.24. The van der Waals surface area contributed by atoms with Crippen LogP contribution in [-0.2, 0) is 0 Å². The highest BCUT2D eigenvalue weighted by Gasteiger charge is 2.15. The van der Waals surface area contributed by atoms with Crippen LogP contribution in [0.3, 0.4) is 0 Å². The molecular formula is C19H11Cl2N3O2. The number of nitrogens with one attached hydrogen (secondary N) is 1. The van der Waals surface area contributed by atoms with Crippen LogP contribution in [0.15, 0.2) is 65.6 Å². The highest BCUT2D eigenvalue weighted by Crippen LogP contribution is 2.24. The van der Waals surface area contributed by atoms with Crippen molar-refractivity contribution in [2.24, 2.45) is 0 Å². The van der Waals surface area contributed by atoms with E-state index in [-0.39, 0.29) is 10.7 Å². The first-order valence-corrected chi connectivity index (χ1v) is 7.98. The van der Waals surface area contributed by atoms with Crippen LogP contribution in [0.1, 0.15) is 15.9 Å². The lowest BCUT2D eigenvalue weighted by atomic mass is 10.1. The molecule has 0 unspecified atom stereocenters. The summed E-state index contributed by atoms with van der Waals surface area (Å²) in [7, 11) is 0. The molecule has 5 nitrogen and oxygen atoms in total. The first-order valence-electron chi connectivity index (χ1n) is 7.23. The lowest BCUT2D eigenvalue weighted by Gasteiger charge is -2.10. The molecule has 7 heteroatoms. The number of carbonyl (C=O) groups is 1. The molecule has 0 bridgehead atoms. The van der Waals surface area contributed by atoms with Crippen LogP contribution in [0.4, 0.5) is 0 Å². The number of carbonyl (C=O) groups excluding carboxylic acids is 1. The Kier molecular flexibility index (Phi) is 6.41. The van der Waals surface area contributed by atoms with E-state index in [0.717, 1.165) is 0 Å². The van der Waals surface area contributed by atoms with Gasteiger partial charge in [0.1, 0.15) is 12.1 Å². The van der Waals surface area contributed by atoms with Crippen molar-refractivity contribution in [2.75, 3.05) is 0 Å². The van der Waals surface area contributed by atoms with Gasteiger partial charge in [0.15, 0.2) is 11.3 Å². The summed E-state index contributed by atoms with van der Waals surface area (Å²) in [6.45, 7) is 0. The number of halogens is 2. The summed E-state index contributed by atoms with van der Waals surface area (Å²) in [5, 5.41) is 31.3. The molecule has 0 aliphatic carbocycles. The zero-order valence-corrected chi connectivity index (χ0v) is 14.7. The Hall–Kier alpha value is -3.25. The third kappa shape index (κ3) is 4.64. The number of benzene rings is 2. The molecule has 0 aliphatic heterocycles. The predicted octanol–water partition coefficient (Wildman–Crippen LogP) is 4.62. The smallest absolute Gasteiger partial charge is 0.255 e. The van der Waals surface area contributed by atoms with E-state index in [2.05, 4.69) is 5.32 Å². The Balaban J connectivity index is 2.49. The minimum absolute atomic E-state index is 0.115. The van der Waals surface area contributed by atoms with E-state index >= 15 is 0 Å². The summed E-state index contributed by atoms with van der Waals surface area (Å²) in [6.07, 6.45) is 1.38. The molecule has 0 radical (unpaired) electrons. The summed E-state index contributed by atoms with van der Waals surface area (Å²) in [5.41, 5.74) is 0.195. The predicted molar refractivity (Wildman–Crippen MR) is 99.2 cm³/mol. The number of hydrogen-bond donors (Lipinski definition) is 2. The molecule has 0 aromatic heterocycles. The SMILES string of the molecule is N#CC(C#N)=C(O)/C(=C/c1ccc(Cl)c(Cl)c1)NC(=O)c1ccccc1. The van der Waals surface area contributed by atoms with Gasteiger partial charge in [-0.2, -0.15) is 10.5 Å². The second kappa shape index (κ2) is 8.73. The van der Waals surface area contributed by atoms with E-state index in [9.17, 15) is 9.90 Å². The number of aliphatic hydroxyl groups excluding tert-OH is 1. The van der Waals surface area contributed by atoms with E-state index in [4.69, 9.17) is 33.7 Å². The Morgan fingerprint density at radius 2 is 1.69 bits per heavy atom. The number of rotatable bonds is 4. The number of allylic oxidation sites excluding steroid dienone is 1. The fraction of sp³-hybridized carbons (Fsp3) is 0. The summed E-state index contributed by atoms with van der Waals surface area (Å²) in [4.78, 5) is 12.4. The summed E-state index contributed by atoms with van der Waals surface area (Å²) >= 11 is 11.8. The second-order valence-corrected chi connectivity index (χ2v) is 5.81. The van der Waals surface area contributed by atoms with Crippen molar-refractivity contribution >= 4 is 35.2 Å². The molecule has 2 N–H and O–H groups in total. The molecule has 1 amide bonds. The normalized spacial score (nSPS) is 10.4. The van der Waals surface area contributed by atoms with Crippen LogP contribution in [0.25, 0.3) is 6.08 Å². The number of nitrogens with zero attached hydrogens (tertiary/aromatic N) is 2. The Bertz CT molecular complexity index is 968. The van der Waals surface area contributed by atoms with Crippen molar-refractivity contribution in [3.8, 4) is 12.1 Å². The minimum Gasteiger partial charge on any atom is -0.504 e. The van der Waals surface area contributed by atoms with Gasteiger partial charge in [-0.05, 0) is 35.9 Å². The van der Waals surface area contributed by atoms with Crippen LogP contribution in [-0.4, -0.2) is 11.0 Å². The van der Waals surface area contributed by atoms with Gasteiger partial charge < -0.3 is 10.4 Å². The highest BCUT2D eigenvalue weighted by molar-refractivity contribution is 6.42. The first kappa shape index (κ1) is 19.1. The summed E-state index contributed by atoms with van der Waals surface area (Å²) in [6, 6.07) is 16.1. The second-order valence-electron chi connectivity index (χ2n) is 5.00. The van der Waals surface area contributed by atoms with Gasteiger partial charge in [-0.3, -0.25) is 4.79 Å². The number of hydrogen-bond acceptors (Lipinski definition) is 4. The van der Waals surface area contributed by atoms with Crippen molar-refractivity contribution in [1.82, 2.24) is 5.32 Å². The molecule has 0 fully saturated rings. The molecule has 26 heavy (non-hydrogen) atoms. The van der Waals surface area contributed by atoms with Crippen LogP contribution in [0.5, 0.6) is 0 Å². The summed E-state index contributed by atoms with van der Waals surface area (Å²) < 4.78 is 0. The van der Waals surface area contributed by atoms with Crippen LogP contribution in [0, 0.1) is 22.7 Å². The first-order chi connectivity index (χ1) is 12.5. The van der Waals surface area contributed by atoms with E-state index in [0.29, 0.717) is 16.1 Å². The van der Waals surface area contributed by atoms with Gasteiger partial charge in [-0.1, -0.05) is 47.5 Å². The molecule has 2 rings (SSSR count). The Morgan fingerprint density at radius 3 is 2.27 bits per heavy atom. The molecule has 0 heterocycles. The molecular weight excluding hydrogens is 373 g/mol. The van der Waals surface area contributed by atoms with E-state index in [1.165, 1.54) is 12.1 Å². The fourth-order valence-corrected chi connectivity index (χ4v) is 2.29. The maximum absolute atomic E-state index is 12.4. The van der Waals surface area contributed by atoms with Gasteiger partial charge in [-0.15, -0.1) is 0 Å². The highest BCUT2D eigenvalue weighted by atomic mass is 35.5. The lowest BCUT2D eigenvalue weighted by molar-refractivity contribution is 0.0964. The van der Waals surface area contributed by atoms with E-state index < -0.39 is 17.2 Å². The summed E-state index contributed by atoms with van der Waals surface area (Å²) in [5.74, 6) is -1.16. The van der Waals surface area contributed by atoms with Crippen molar-refractivity contribution in [2.45, 2.75) is 0 Å². The third-order valence-electron chi connectivity index (χ3n) is 3.25. The molecule has 0 atom stereocenters. The van der Waals surface area contributed by atoms with Gasteiger partial charge in [-0.25, -0.2) is 0 Å². The number of aliphatic hydroxyl groups is 1. The zero-order valence-electron chi connectivity index (χ0n) is 13.2. The van der Waals surface area contributed by atoms with Gasteiger partial charge in [0.05, 0.1) is 15.7 Å². The van der Waals surface area contributed by atoms with Crippen LogP contribution in [0.2, 0.25) is 10.0 Å². The van der Waals surface area contributed by atoms with Gasteiger partial charge in [0.25, 0.3) is 5.91 Å². The third-order valence-corrected chi connectivity index (χ3v) is 3.99. The van der Waals surface area contributed by atoms with Crippen LogP contribution >= 0.6 is 23.2 Å². The molecule has 0 saturated heterocycles. The van der Waals surface area contributed by atoms with E-state index in [1.807, 2.05) is 0 Å². The zero-order chi connectivity index (χ0) is 19.1. The van der Waals surface area contributed by atoms with Gasteiger partial charge in [0, 0.05) is 5.56 Å². The monoisotopic (exact) mass is 383 g/mol. The fourth-order valence-electron chi connectivity index (χ4n) is 1.98. The molecule has 0 saturated carbocycles. The largest absolute Gasteiger partial charge is 0.504 e. The molecule has 2 aromatic carbocycles.